The van der Waals surface area contributed by atoms with E-state index in [0.29, 0.717) is 22.5 Å². The molecule has 0 radical (unpaired) electrons. The number of aryl methyl sites for hydroxylation is 1. The molecule has 186 valence electrons. The Balaban J connectivity index is 1.66. The number of benzene rings is 3. The minimum absolute atomic E-state index is 0.0521. The van der Waals surface area contributed by atoms with Crippen molar-refractivity contribution < 1.29 is 27.2 Å². The van der Waals surface area contributed by atoms with Crippen LogP contribution in [0.4, 0.5) is 23.2 Å². The molecule has 3 aromatic carbocycles. The van der Waals surface area contributed by atoms with Crippen molar-refractivity contribution in [1.82, 2.24) is 9.78 Å². The number of nitrogens with zero attached hydrogens (tertiary/aromatic N) is 3. The van der Waals surface area contributed by atoms with Gasteiger partial charge in [0.1, 0.15) is 11.0 Å². The van der Waals surface area contributed by atoms with Crippen LogP contribution in [0.1, 0.15) is 32.7 Å². The molecule has 5 rings (SSSR count). The second-order valence-corrected chi connectivity index (χ2v) is 8.63. The van der Waals surface area contributed by atoms with E-state index in [1.54, 1.807) is 25.1 Å². The molecule has 2 amide bonds. The van der Waals surface area contributed by atoms with Gasteiger partial charge in [-0.3, -0.25) is 9.59 Å². The Morgan fingerprint density at radius 3 is 2.22 bits per heavy atom. The van der Waals surface area contributed by atoms with Crippen LogP contribution in [0.2, 0.25) is 5.15 Å². The van der Waals surface area contributed by atoms with E-state index < -0.39 is 29.4 Å². The quantitative estimate of drug-likeness (QED) is 0.169. The van der Waals surface area contributed by atoms with Gasteiger partial charge in [0.05, 0.1) is 22.6 Å². The minimum atomic E-state index is -4.66. The first-order valence-electron chi connectivity index (χ1n) is 10.9. The van der Waals surface area contributed by atoms with E-state index in [-0.39, 0.29) is 22.0 Å². The van der Waals surface area contributed by atoms with Crippen molar-refractivity contribution >= 4 is 40.8 Å². The number of aromatic nitrogens is 2. The highest BCUT2D eigenvalue weighted by Crippen LogP contribution is 2.37. The zero-order valence-electron chi connectivity index (χ0n) is 19.1. The van der Waals surface area contributed by atoms with Crippen molar-refractivity contribution in [3.05, 3.63) is 112 Å². The van der Waals surface area contributed by atoms with E-state index >= 15 is 0 Å². The summed E-state index contributed by atoms with van der Waals surface area (Å²) in [7, 11) is 0. The number of rotatable bonds is 3. The second kappa shape index (κ2) is 9.01. The number of hydrogen-bond acceptors (Lipinski definition) is 3. The van der Waals surface area contributed by atoms with Crippen LogP contribution in [-0.4, -0.2) is 21.6 Å². The maximum Gasteiger partial charge on any atom is 0.416 e. The fraction of sp³-hybridized carbons (Fsp3) is 0.0741. The molecule has 0 saturated carbocycles. The highest BCUT2D eigenvalue weighted by Gasteiger charge is 2.38. The molecule has 0 aliphatic carbocycles. The first kappa shape index (κ1) is 24.5. The highest BCUT2D eigenvalue weighted by atomic mass is 35.5. The SMILES string of the molecule is Cc1nn(-c2ccc(F)cc2)c(Cl)c1/C=C1/C(=O)N(c2cccc(C(F)(F)F)c2)C(=O)c2ccccc21. The van der Waals surface area contributed by atoms with Crippen molar-refractivity contribution in [3.63, 3.8) is 0 Å². The molecule has 1 aromatic heterocycles. The Kier molecular flexibility index (Phi) is 5.95. The largest absolute Gasteiger partial charge is 0.416 e. The molecule has 0 unspecified atom stereocenters. The molecular formula is C27H16ClF4N3O2. The van der Waals surface area contributed by atoms with Crippen LogP contribution in [0, 0.1) is 12.7 Å². The Morgan fingerprint density at radius 1 is 0.865 bits per heavy atom. The molecule has 1 aliphatic heterocycles. The molecule has 0 atom stereocenters. The fourth-order valence-corrected chi connectivity index (χ4v) is 4.45. The van der Waals surface area contributed by atoms with Gasteiger partial charge < -0.3 is 0 Å². The molecule has 5 nitrogen and oxygen atoms in total. The molecule has 0 saturated heterocycles. The number of hydrogen-bond donors (Lipinski definition) is 0. The Hall–Kier alpha value is -4.24. The second-order valence-electron chi connectivity index (χ2n) is 8.28. The molecule has 0 N–H and O–H groups in total. The first-order valence-corrected chi connectivity index (χ1v) is 11.3. The van der Waals surface area contributed by atoms with Gasteiger partial charge in [-0.05, 0) is 67.1 Å². The van der Waals surface area contributed by atoms with Crippen molar-refractivity contribution in [1.29, 1.82) is 0 Å². The number of anilines is 1. The maximum absolute atomic E-state index is 13.6. The van der Waals surface area contributed by atoms with Gasteiger partial charge >= 0.3 is 6.18 Å². The number of alkyl halides is 3. The zero-order chi connectivity index (χ0) is 26.5. The first-order chi connectivity index (χ1) is 17.6. The summed E-state index contributed by atoms with van der Waals surface area (Å²) in [4.78, 5) is 27.6. The van der Waals surface area contributed by atoms with Crippen molar-refractivity contribution in [2.45, 2.75) is 13.1 Å². The summed E-state index contributed by atoms with van der Waals surface area (Å²) in [5.41, 5.74) is 0.587. The van der Waals surface area contributed by atoms with E-state index in [1.165, 1.54) is 47.2 Å². The molecule has 4 aromatic rings. The predicted octanol–water partition coefficient (Wildman–Crippen LogP) is 6.72. The molecule has 37 heavy (non-hydrogen) atoms. The number of imide groups is 1. The van der Waals surface area contributed by atoms with Crippen LogP contribution < -0.4 is 4.90 Å². The van der Waals surface area contributed by atoms with Crippen LogP contribution >= 0.6 is 11.6 Å². The van der Waals surface area contributed by atoms with Gasteiger partial charge in [-0.15, -0.1) is 0 Å². The summed E-state index contributed by atoms with van der Waals surface area (Å²) in [6, 6.07) is 15.8. The van der Waals surface area contributed by atoms with Crippen molar-refractivity contribution in [3.8, 4) is 5.69 Å². The van der Waals surface area contributed by atoms with Gasteiger partial charge in [-0.25, -0.2) is 14.0 Å². The number of halogens is 5. The molecule has 1 aliphatic rings. The monoisotopic (exact) mass is 525 g/mol. The normalized spacial score (nSPS) is 14.9. The van der Waals surface area contributed by atoms with Gasteiger partial charge in [0.15, 0.2) is 0 Å². The highest BCUT2D eigenvalue weighted by molar-refractivity contribution is 6.43. The third-order valence-corrected chi connectivity index (χ3v) is 6.29. The van der Waals surface area contributed by atoms with Crippen LogP contribution in [-0.2, 0) is 11.0 Å². The Labute approximate surface area is 213 Å². The van der Waals surface area contributed by atoms with E-state index in [9.17, 15) is 27.2 Å². The summed E-state index contributed by atoms with van der Waals surface area (Å²) < 4.78 is 54.8. The Bertz CT molecular complexity index is 1590. The summed E-state index contributed by atoms with van der Waals surface area (Å²) >= 11 is 6.60. The summed E-state index contributed by atoms with van der Waals surface area (Å²) in [6.07, 6.45) is -3.20. The number of carbonyl (C=O) groups is 2. The fourth-order valence-electron chi connectivity index (χ4n) is 4.12. The zero-order valence-corrected chi connectivity index (χ0v) is 19.8. The molecule has 0 fully saturated rings. The summed E-state index contributed by atoms with van der Waals surface area (Å²) in [5, 5.41) is 4.52. The lowest BCUT2D eigenvalue weighted by atomic mass is 9.91. The number of amides is 2. The van der Waals surface area contributed by atoms with Crippen LogP contribution in [0.15, 0.2) is 72.8 Å². The van der Waals surface area contributed by atoms with E-state index in [1.807, 2.05) is 0 Å². The lowest BCUT2D eigenvalue weighted by Crippen LogP contribution is -2.41. The molecule has 0 bridgehead atoms. The Morgan fingerprint density at radius 2 is 1.54 bits per heavy atom. The standard InChI is InChI=1S/C27H16ClF4N3O2/c1-15-22(24(28)35(33-15)18-11-9-17(29)10-12-18)14-23-20-7-2-3-8-21(20)25(36)34(26(23)37)19-6-4-5-16(13-19)27(30,31)32/h2-14H,1H3/b23-14+. The van der Waals surface area contributed by atoms with Crippen LogP contribution in [0.5, 0.6) is 0 Å². The predicted molar refractivity (Wildman–Crippen MR) is 131 cm³/mol. The van der Waals surface area contributed by atoms with Crippen molar-refractivity contribution in [2.75, 3.05) is 4.90 Å². The molecule has 10 heteroatoms. The molecule has 0 spiro atoms. The molecular weight excluding hydrogens is 510 g/mol. The van der Waals surface area contributed by atoms with Gasteiger partial charge in [0, 0.05) is 16.7 Å². The van der Waals surface area contributed by atoms with Crippen LogP contribution in [0.3, 0.4) is 0 Å². The van der Waals surface area contributed by atoms with Crippen molar-refractivity contribution in [2.24, 2.45) is 0 Å². The minimum Gasteiger partial charge on any atom is -0.268 e. The third kappa shape index (κ3) is 4.31. The summed E-state index contributed by atoms with van der Waals surface area (Å²) in [5.74, 6) is -2.00. The topological polar surface area (TPSA) is 55.2 Å². The number of fused-ring (bicyclic) bond motifs is 1. The molecule has 2 heterocycles. The van der Waals surface area contributed by atoms with E-state index in [4.69, 9.17) is 11.6 Å². The average Bonchev–Trinajstić information content (AvgIpc) is 3.15. The van der Waals surface area contributed by atoms with Gasteiger partial charge in [0.2, 0.25) is 0 Å². The maximum atomic E-state index is 13.6. The lowest BCUT2D eigenvalue weighted by Gasteiger charge is -2.29. The van der Waals surface area contributed by atoms with Crippen LogP contribution in [0.25, 0.3) is 17.3 Å². The van der Waals surface area contributed by atoms with Gasteiger partial charge in [-0.2, -0.15) is 18.3 Å². The average molecular weight is 526 g/mol. The smallest absolute Gasteiger partial charge is 0.268 e. The van der Waals surface area contributed by atoms with E-state index in [2.05, 4.69) is 5.10 Å². The number of carbonyl (C=O) groups excluding carboxylic acids is 2. The van der Waals surface area contributed by atoms with Gasteiger partial charge in [0.25, 0.3) is 11.8 Å². The van der Waals surface area contributed by atoms with Gasteiger partial charge in [-0.1, -0.05) is 35.9 Å². The summed E-state index contributed by atoms with van der Waals surface area (Å²) in [6.45, 7) is 1.66. The van der Waals surface area contributed by atoms with E-state index in [0.717, 1.165) is 23.1 Å². The third-order valence-electron chi connectivity index (χ3n) is 5.92. The lowest BCUT2D eigenvalue weighted by molar-refractivity contribution is -0.137.